The average molecular weight is 430 g/mol. The molecule has 0 bridgehead atoms. The summed E-state index contributed by atoms with van der Waals surface area (Å²) in [7, 11) is 1.70. The summed E-state index contributed by atoms with van der Waals surface area (Å²) in [6, 6.07) is 21.3. The van der Waals surface area contributed by atoms with Gasteiger partial charge in [-0.2, -0.15) is 0 Å². The first-order valence-corrected chi connectivity index (χ1v) is 10.1. The molecule has 4 rings (SSSR count). The predicted octanol–water partition coefficient (Wildman–Crippen LogP) is 3.31. The molecular weight excluding hydrogens is 408 g/mol. The summed E-state index contributed by atoms with van der Waals surface area (Å²) < 4.78 is 5.81. The van der Waals surface area contributed by atoms with Crippen LogP contribution in [0.1, 0.15) is 16.7 Å². The zero-order chi connectivity index (χ0) is 22.7. The molecule has 2 N–H and O–H groups in total. The summed E-state index contributed by atoms with van der Waals surface area (Å²) in [4.78, 5) is 29.2. The van der Waals surface area contributed by atoms with Crippen LogP contribution >= 0.6 is 0 Å². The summed E-state index contributed by atoms with van der Waals surface area (Å²) in [6.07, 6.45) is -0.449. The maximum atomic E-state index is 12.7. The van der Waals surface area contributed by atoms with Crippen molar-refractivity contribution in [3.8, 4) is 5.75 Å². The molecule has 8 nitrogen and oxygen atoms in total. The number of hydrogen-bond donors (Lipinski definition) is 1. The van der Waals surface area contributed by atoms with Gasteiger partial charge in [-0.3, -0.25) is 19.9 Å². The molecule has 0 aliphatic carbocycles. The number of non-ortho nitro benzene ring substituents is 1. The number of rotatable bonds is 6. The summed E-state index contributed by atoms with van der Waals surface area (Å²) in [6.45, 7) is 0.347. The van der Waals surface area contributed by atoms with E-state index in [9.17, 15) is 14.9 Å². The SMILES string of the molecule is CN1C(=O)C(N)N=C(c2ccccc2)c2c(CCOc3ccc([N+](=O)[O-])cc3)cccc21. The van der Waals surface area contributed by atoms with E-state index in [-0.39, 0.29) is 11.6 Å². The van der Waals surface area contributed by atoms with E-state index in [1.54, 1.807) is 24.1 Å². The largest absolute Gasteiger partial charge is 0.493 e. The van der Waals surface area contributed by atoms with E-state index >= 15 is 0 Å². The number of likely N-dealkylation sites (N-methyl/N-ethyl adjacent to an activating group) is 1. The van der Waals surface area contributed by atoms with Crippen LogP contribution in [-0.2, 0) is 11.2 Å². The van der Waals surface area contributed by atoms with Crippen LogP contribution in [0, 0.1) is 10.1 Å². The van der Waals surface area contributed by atoms with E-state index in [0.29, 0.717) is 24.5 Å². The van der Waals surface area contributed by atoms with Crippen molar-refractivity contribution < 1.29 is 14.5 Å². The highest BCUT2D eigenvalue weighted by Gasteiger charge is 2.29. The Balaban J connectivity index is 1.65. The monoisotopic (exact) mass is 430 g/mol. The number of carbonyl (C=O) groups is 1. The van der Waals surface area contributed by atoms with Gasteiger partial charge in [0, 0.05) is 36.7 Å². The molecule has 32 heavy (non-hydrogen) atoms. The Kier molecular flexibility index (Phi) is 5.96. The summed E-state index contributed by atoms with van der Waals surface area (Å²) >= 11 is 0. The van der Waals surface area contributed by atoms with Crippen molar-refractivity contribution >= 4 is 23.0 Å². The van der Waals surface area contributed by atoms with E-state index in [0.717, 1.165) is 22.4 Å². The van der Waals surface area contributed by atoms with Crippen molar-refractivity contribution in [1.82, 2.24) is 0 Å². The summed E-state index contributed by atoms with van der Waals surface area (Å²) in [5.41, 5.74) is 10.2. The fourth-order valence-electron chi connectivity index (χ4n) is 3.68. The van der Waals surface area contributed by atoms with Crippen LogP contribution in [0.4, 0.5) is 11.4 Å². The number of amides is 1. The van der Waals surface area contributed by atoms with Crippen molar-refractivity contribution in [3.63, 3.8) is 0 Å². The predicted molar refractivity (Wildman–Crippen MR) is 122 cm³/mol. The molecule has 3 aromatic rings. The lowest BCUT2D eigenvalue weighted by Crippen LogP contribution is -2.39. The fourth-order valence-corrected chi connectivity index (χ4v) is 3.68. The van der Waals surface area contributed by atoms with E-state index in [1.807, 2.05) is 48.5 Å². The number of ether oxygens (including phenoxy) is 1. The highest BCUT2D eigenvalue weighted by molar-refractivity contribution is 6.20. The van der Waals surface area contributed by atoms with Crippen molar-refractivity contribution in [1.29, 1.82) is 0 Å². The van der Waals surface area contributed by atoms with Crippen LogP contribution in [0.25, 0.3) is 0 Å². The third-order valence-electron chi connectivity index (χ3n) is 5.31. The van der Waals surface area contributed by atoms with Gasteiger partial charge in [0.25, 0.3) is 11.6 Å². The van der Waals surface area contributed by atoms with Gasteiger partial charge in [0.1, 0.15) is 5.75 Å². The maximum absolute atomic E-state index is 12.7. The Morgan fingerprint density at radius 2 is 1.78 bits per heavy atom. The minimum absolute atomic E-state index is 0.0125. The molecule has 1 amide bonds. The molecule has 3 aromatic carbocycles. The van der Waals surface area contributed by atoms with Gasteiger partial charge in [-0.25, -0.2) is 0 Å². The molecule has 1 aliphatic rings. The second kappa shape index (κ2) is 8.99. The van der Waals surface area contributed by atoms with Crippen molar-refractivity contribution in [2.24, 2.45) is 10.7 Å². The topological polar surface area (TPSA) is 111 Å². The molecule has 1 aliphatic heterocycles. The molecule has 0 saturated carbocycles. The Morgan fingerprint density at radius 3 is 2.47 bits per heavy atom. The van der Waals surface area contributed by atoms with Crippen LogP contribution in [0.15, 0.2) is 77.8 Å². The minimum atomic E-state index is -0.994. The van der Waals surface area contributed by atoms with Gasteiger partial charge in [0.05, 0.1) is 22.9 Å². The second-order valence-corrected chi connectivity index (χ2v) is 7.35. The Labute approximate surface area is 185 Å². The number of nitrogens with zero attached hydrogens (tertiary/aromatic N) is 3. The maximum Gasteiger partial charge on any atom is 0.269 e. The van der Waals surface area contributed by atoms with Crippen LogP contribution in [-0.4, -0.2) is 36.4 Å². The highest BCUT2D eigenvalue weighted by atomic mass is 16.6. The molecule has 8 heteroatoms. The number of aliphatic imine (C=N–C) groups is 1. The molecule has 0 aromatic heterocycles. The molecule has 1 atom stereocenters. The number of nitro groups is 1. The number of hydrogen-bond acceptors (Lipinski definition) is 6. The van der Waals surface area contributed by atoms with Gasteiger partial charge in [0.2, 0.25) is 0 Å². The molecule has 1 unspecified atom stereocenters. The quantitative estimate of drug-likeness (QED) is 0.476. The number of carbonyl (C=O) groups excluding carboxylic acids is 1. The van der Waals surface area contributed by atoms with Crippen molar-refractivity contribution in [2.45, 2.75) is 12.6 Å². The zero-order valence-corrected chi connectivity index (χ0v) is 17.5. The molecule has 0 fully saturated rings. The van der Waals surface area contributed by atoms with E-state index < -0.39 is 11.1 Å². The van der Waals surface area contributed by atoms with E-state index in [2.05, 4.69) is 4.99 Å². The number of fused-ring (bicyclic) bond motifs is 1. The van der Waals surface area contributed by atoms with Crippen LogP contribution in [0.5, 0.6) is 5.75 Å². The summed E-state index contributed by atoms with van der Waals surface area (Å²) in [5.74, 6) is 0.264. The lowest BCUT2D eigenvalue weighted by Gasteiger charge is -2.21. The smallest absolute Gasteiger partial charge is 0.269 e. The van der Waals surface area contributed by atoms with Gasteiger partial charge in [-0.15, -0.1) is 0 Å². The molecular formula is C24H22N4O4. The normalized spacial score (nSPS) is 15.6. The van der Waals surface area contributed by atoms with Crippen LogP contribution < -0.4 is 15.4 Å². The third-order valence-corrected chi connectivity index (χ3v) is 5.31. The number of nitro benzene ring substituents is 1. The van der Waals surface area contributed by atoms with Gasteiger partial charge in [-0.1, -0.05) is 42.5 Å². The van der Waals surface area contributed by atoms with Gasteiger partial charge in [0.15, 0.2) is 6.17 Å². The molecule has 0 radical (unpaired) electrons. The summed E-state index contributed by atoms with van der Waals surface area (Å²) in [5, 5.41) is 10.8. The first-order valence-electron chi connectivity index (χ1n) is 10.1. The Hall–Kier alpha value is -4.04. The standard InChI is InChI=1S/C24H22N4O4/c1-27-20-9-5-8-16(14-15-32-19-12-10-18(11-13-19)28(30)31)21(20)22(26-23(25)24(27)29)17-6-3-2-4-7-17/h2-13,23H,14-15,25H2,1H3. The van der Waals surface area contributed by atoms with Gasteiger partial charge in [-0.05, 0) is 23.8 Å². The van der Waals surface area contributed by atoms with E-state index in [1.165, 1.54) is 12.1 Å². The minimum Gasteiger partial charge on any atom is -0.493 e. The molecule has 0 spiro atoms. The number of nitrogens with two attached hydrogens (primary N) is 1. The second-order valence-electron chi connectivity index (χ2n) is 7.35. The number of benzodiazepines with no additional fused rings is 1. The number of anilines is 1. The first kappa shape index (κ1) is 21.2. The molecule has 1 heterocycles. The van der Waals surface area contributed by atoms with Gasteiger partial charge >= 0.3 is 0 Å². The van der Waals surface area contributed by atoms with E-state index in [4.69, 9.17) is 10.5 Å². The van der Waals surface area contributed by atoms with Crippen molar-refractivity contribution in [2.75, 3.05) is 18.6 Å². The van der Waals surface area contributed by atoms with Gasteiger partial charge < -0.3 is 15.4 Å². The van der Waals surface area contributed by atoms with Crippen LogP contribution in [0.3, 0.4) is 0 Å². The lowest BCUT2D eigenvalue weighted by atomic mass is 9.94. The molecule has 162 valence electrons. The Bertz CT molecular complexity index is 1180. The number of benzene rings is 3. The molecule has 0 saturated heterocycles. The average Bonchev–Trinajstić information content (AvgIpc) is 2.91. The Morgan fingerprint density at radius 1 is 1.06 bits per heavy atom. The lowest BCUT2D eigenvalue weighted by molar-refractivity contribution is -0.384. The first-order chi connectivity index (χ1) is 15.5. The fraction of sp³-hybridized carbons (Fsp3) is 0.167. The van der Waals surface area contributed by atoms with Crippen LogP contribution in [0.2, 0.25) is 0 Å². The van der Waals surface area contributed by atoms with Crippen molar-refractivity contribution in [3.05, 3.63) is 99.6 Å². The third kappa shape index (κ3) is 4.21. The highest BCUT2D eigenvalue weighted by Crippen LogP contribution is 2.30. The zero-order valence-electron chi connectivity index (χ0n) is 17.5.